The van der Waals surface area contributed by atoms with Crippen molar-refractivity contribution in [2.75, 3.05) is 40.3 Å². The summed E-state index contributed by atoms with van der Waals surface area (Å²) in [6.07, 6.45) is -2.11. The van der Waals surface area contributed by atoms with E-state index >= 15 is 0 Å². The second-order valence-electron chi connectivity index (χ2n) is 6.81. The van der Waals surface area contributed by atoms with Gasteiger partial charge in [-0.3, -0.25) is 14.8 Å². The third-order valence-corrected chi connectivity index (χ3v) is 4.37. The van der Waals surface area contributed by atoms with Crippen LogP contribution < -0.4 is 0 Å². The summed E-state index contributed by atoms with van der Waals surface area (Å²) in [5.74, 6) is -0.0391. The maximum Gasteiger partial charge on any atom is 0.416 e. The molecule has 6 nitrogen and oxygen atoms in total. The Morgan fingerprint density at radius 1 is 1.29 bits per heavy atom. The van der Waals surface area contributed by atoms with Crippen molar-refractivity contribution in [3.63, 3.8) is 0 Å². The molecular weight excluding hydrogens is 373 g/mol. The molecule has 2 aromatic rings. The van der Waals surface area contributed by atoms with Crippen molar-refractivity contribution < 1.29 is 22.7 Å². The number of hydrogen-bond donors (Lipinski definition) is 0. The van der Waals surface area contributed by atoms with Crippen LogP contribution >= 0.6 is 0 Å². The molecule has 1 aliphatic heterocycles. The Labute approximate surface area is 160 Å². The van der Waals surface area contributed by atoms with Crippen LogP contribution in [0.4, 0.5) is 13.2 Å². The summed E-state index contributed by atoms with van der Waals surface area (Å²) in [5, 5.41) is 0. The highest BCUT2D eigenvalue weighted by Crippen LogP contribution is 2.34. The molecule has 1 atom stereocenters. The second-order valence-corrected chi connectivity index (χ2v) is 6.81. The van der Waals surface area contributed by atoms with Crippen molar-refractivity contribution in [3.8, 4) is 11.3 Å². The molecule has 0 aliphatic carbocycles. The van der Waals surface area contributed by atoms with Crippen LogP contribution in [0.1, 0.15) is 17.4 Å². The van der Waals surface area contributed by atoms with Crippen LogP contribution in [-0.2, 0) is 15.7 Å². The molecule has 150 valence electrons. The number of hydrogen-bond acceptors (Lipinski definition) is 5. The van der Waals surface area contributed by atoms with Gasteiger partial charge in [0.05, 0.1) is 36.6 Å². The Morgan fingerprint density at radius 2 is 2.04 bits per heavy atom. The van der Waals surface area contributed by atoms with Gasteiger partial charge in [-0.25, -0.2) is 0 Å². The quantitative estimate of drug-likeness (QED) is 0.798. The number of rotatable bonds is 4. The maximum absolute atomic E-state index is 13.1. The molecule has 1 saturated heterocycles. The van der Waals surface area contributed by atoms with Crippen LogP contribution in [0.25, 0.3) is 11.3 Å². The van der Waals surface area contributed by atoms with Gasteiger partial charge < -0.3 is 14.5 Å². The zero-order valence-electron chi connectivity index (χ0n) is 15.6. The minimum atomic E-state index is -4.45. The van der Waals surface area contributed by atoms with E-state index in [1.165, 1.54) is 18.5 Å². The molecule has 1 amide bonds. The number of aromatic nitrogens is 2. The first-order valence-corrected chi connectivity index (χ1v) is 8.78. The van der Waals surface area contributed by atoms with Gasteiger partial charge in [-0.2, -0.15) is 13.2 Å². The first-order chi connectivity index (χ1) is 13.3. The molecule has 1 fully saturated rings. The Morgan fingerprint density at radius 3 is 2.75 bits per heavy atom. The summed E-state index contributed by atoms with van der Waals surface area (Å²) >= 11 is 0. The van der Waals surface area contributed by atoms with Crippen molar-refractivity contribution in [3.05, 3.63) is 47.9 Å². The normalized spacial score (nSPS) is 17.8. The smallest absolute Gasteiger partial charge is 0.368 e. The number of alkyl halides is 3. The van der Waals surface area contributed by atoms with Crippen LogP contribution in [0.15, 0.2) is 36.7 Å². The zero-order chi connectivity index (χ0) is 20.3. The van der Waals surface area contributed by atoms with Gasteiger partial charge in [0, 0.05) is 24.5 Å². The van der Waals surface area contributed by atoms with E-state index in [-0.39, 0.29) is 19.0 Å². The molecular formula is C19H21F3N4O2. The van der Waals surface area contributed by atoms with Crippen LogP contribution in [-0.4, -0.2) is 66.0 Å². The Hall–Kier alpha value is -2.52. The number of halogens is 3. The molecule has 0 unspecified atom stereocenters. The number of benzene rings is 1. The van der Waals surface area contributed by atoms with E-state index < -0.39 is 17.8 Å². The fourth-order valence-corrected chi connectivity index (χ4v) is 3.06. The summed E-state index contributed by atoms with van der Waals surface area (Å²) in [4.78, 5) is 24.4. The third kappa shape index (κ3) is 4.66. The van der Waals surface area contributed by atoms with Crippen molar-refractivity contribution in [2.24, 2.45) is 0 Å². The Kier molecular flexibility index (Phi) is 5.95. The van der Waals surface area contributed by atoms with E-state index in [2.05, 4.69) is 9.97 Å². The highest BCUT2D eigenvalue weighted by Gasteiger charge is 2.32. The number of likely N-dealkylation sites (N-methyl/N-ethyl adjacent to an activating group) is 1. The average Bonchev–Trinajstić information content (AvgIpc) is 2.67. The molecule has 9 heteroatoms. The predicted molar refractivity (Wildman–Crippen MR) is 96.3 cm³/mol. The number of ether oxygens (including phenoxy) is 1. The molecule has 0 N–H and O–H groups in total. The van der Waals surface area contributed by atoms with Crippen molar-refractivity contribution >= 4 is 5.91 Å². The minimum absolute atomic E-state index is 0.0391. The van der Waals surface area contributed by atoms with Gasteiger partial charge in [0.2, 0.25) is 5.91 Å². The molecule has 0 saturated carbocycles. The second kappa shape index (κ2) is 8.24. The van der Waals surface area contributed by atoms with Crippen LogP contribution in [0, 0.1) is 0 Å². The maximum atomic E-state index is 13.1. The lowest BCUT2D eigenvalue weighted by atomic mass is 10.0. The van der Waals surface area contributed by atoms with Crippen LogP contribution in [0.2, 0.25) is 0 Å². The lowest BCUT2D eigenvalue weighted by molar-refractivity contribution is -0.140. The Balaban J connectivity index is 1.89. The molecule has 0 radical (unpaired) electrons. The van der Waals surface area contributed by atoms with Crippen molar-refractivity contribution in [1.29, 1.82) is 0 Å². The van der Waals surface area contributed by atoms with E-state index in [0.717, 1.165) is 12.1 Å². The van der Waals surface area contributed by atoms with Crippen LogP contribution in [0.5, 0.6) is 0 Å². The highest BCUT2D eigenvalue weighted by molar-refractivity contribution is 5.78. The van der Waals surface area contributed by atoms with Gasteiger partial charge >= 0.3 is 6.18 Å². The minimum Gasteiger partial charge on any atom is -0.368 e. The van der Waals surface area contributed by atoms with Gasteiger partial charge in [-0.1, -0.05) is 12.1 Å². The Bertz CT molecular complexity index is 842. The fourth-order valence-electron chi connectivity index (χ4n) is 3.06. The SMILES string of the molecule is CN(C)CC(=O)N1CCO[C@H](c2nccnc2-c2cccc(C(F)(F)F)c2)C1. The topological polar surface area (TPSA) is 58.6 Å². The van der Waals surface area contributed by atoms with E-state index in [0.29, 0.717) is 30.1 Å². The van der Waals surface area contributed by atoms with E-state index in [1.807, 2.05) is 14.1 Å². The predicted octanol–water partition coefficient (Wildman–Crippen LogP) is 2.62. The number of morpholine rings is 1. The lowest BCUT2D eigenvalue weighted by Gasteiger charge is -2.33. The van der Waals surface area contributed by atoms with Gasteiger partial charge in [-0.15, -0.1) is 0 Å². The summed E-state index contributed by atoms with van der Waals surface area (Å²) in [7, 11) is 3.62. The summed E-state index contributed by atoms with van der Waals surface area (Å²) < 4.78 is 45.0. The molecule has 1 aromatic carbocycles. The molecule has 28 heavy (non-hydrogen) atoms. The standard InChI is InChI=1S/C19H21F3N4O2/c1-25(2)12-16(27)26-8-9-28-15(11-26)18-17(23-6-7-24-18)13-4-3-5-14(10-13)19(20,21)22/h3-7,10,15H,8-9,11-12H2,1-2H3/t15-/m0/s1. The molecule has 1 aliphatic rings. The van der Waals surface area contributed by atoms with Crippen LogP contribution in [0.3, 0.4) is 0 Å². The number of carbonyl (C=O) groups excluding carboxylic acids is 1. The zero-order valence-corrected chi connectivity index (χ0v) is 15.6. The molecule has 0 spiro atoms. The summed E-state index contributed by atoms with van der Waals surface area (Å²) in [6.45, 7) is 1.33. The average molecular weight is 394 g/mol. The molecule has 0 bridgehead atoms. The molecule has 3 rings (SSSR count). The van der Waals surface area contributed by atoms with Gasteiger partial charge in [0.25, 0.3) is 0 Å². The first-order valence-electron chi connectivity index (χ1n) is 8.78. The number of amides is 1. The van der Waals surface area contributed by atoms with Gasteiger partial charge in [0.15, 0.2) is 0 Å². The van der Waals surface area contributed by atoms with Crippen molar-refractivity contribution in [1.82, 2.24) is 19.8 Å². The number of carbonyl (C=O) groups is 1. The summed E-state index contributed by atoms with van der Waals surface area (Å²) in [6, 6.07) is 4.95. The monoisotopic (exact) mass is 394 g/mol. The molecule has 1 aromatic heterocycles. The van der Waals surface area contributed by atoms with Gasteiger partial charge in [-0.05, 0) is 26.2 Å². The van der Waals surface area contributed by atoms with E-state index in [1.54, 1.807) is 15.9 Å². The molecule has 2 heterocycles. The fraction of sp³-hybridized carbons (Fsp3) is 0.421. The van der Waals surface area contributed by atoms with E-state index in [4.69, 9.17) is 4.74 Å². The largest absolute Gasteiger partial charge is 0.416 e. The summed E-state index contributed by atoms with van der Waals surface area (Å²) in [5.41, 5.74) is 0.289. The number of nitrogens with zero attached hydrogens (tertiary/aromatic N) is 4. The van der Waals surface area contributed by atoms with E-state index in [9.17, 15) is 18.0 Å². The highest BCUT2D eigenvalue weighted by atomic mass is 19.4. The van der Waals surface area contributed by atoms with Crippen molar-refractivity contribution in [2.45, 2.75) is 12.3 Å². The third-order valence-electron chi connectivity index (χ3n) is 4.37. The lowest BCUT2D eigenvalue weighted by Crippen LogP contribution is -2.45. The van der Waals surface area contributed by atoms with Gasteiger partial charge in [0.1, 0.15) is 6.10 Å². The first kappa shape index (κ1) is 20.2.